The first-order valence-corrected chi connectivity index (χ1v) is 10.6. The lowest BCUT2D eigenvalue weighted by molar-refractivity contribution is 0.297. The van der Waals surface area contributed by atoms with Crippen LogP contribution in [0.5, 0.6) is 5.88 Å². The van der Waals surface area contributed by atoms with Crippen molar-refractivity contribution in [1.82, 2.24) is 10.2 Å². The maximum Gasteiger partial charge on any atom is 0.244 e. The second-order valence-electron chi connectivity index (χ2n) is 8.13. The van der Waals surface area contributed by atoms with E-state index in [1.165, 1.54) is 24.8 Å². The molecule has 0 radical (unpaired) electrons. The molecule has 5 nitrogen and oxygen atoms in total. The number of nitrogens with one attached hydrogen (secondary N) is 1. The van der Waals surface area contributed by atoms with E-state index < -0.39 is 0 Å². The monoisotopic (exact) mass is 396 g/mol. The lowest BCUT2D eigenvalue weighted by atomic mass is 9.72. The number of aromatic nitrogens is 2. The van der Waals surface area contributed by atoms with Crippen molar-refractivity contribution in [2.45, 2.75) is 38.0 Å². The number of nitrogens with two attached hydrogens (primary N) is 1. The van der Waals surface area contributed by atoms with Gasteiger partial charge in [-0.1, -0.05) is 73.9 Å². The van der Waals surface area contributed by atoms with Crippen LogP contribution in [0.25, 0.3) is 22.4 Å². The highest BCUT2D eigenvalue weighted by Crippen LogP contribution is 2.49. The van der Waals surface area contributed by atoms with E-state index in [1.807, 2.05) is 18.2 Å². The minimum Gasteiger partial charge on any atom is -0.420 e. The van der Waals surface area contributed by atoms with Crippen molar-refractivity contribution in [3.05, 3.63) is 71.6 Å². The van der Waals surface area contributed by atoms with Crippen LogP contribution >= 0.6 is 0 Å². The summed E-state index contributed by atoms with van der Waals surface area (Å²) in [6.45, 7) is 0. The Morgan fingerprint density at radius 3 is 2.30 bits per heavy atom. The van der Waals surface area contributed by atoms with Crippen LogP contribution in [-0.2, 0) is 0 Å². The quantitative estimate of drug-likeness (QED) is 0.612. The SMILES string of the molecule is N#CC1=C(N)Oc2n[nH]c(-c3ccc(-c4ccccc4)cc3)c2C1C1CCCCC1. The summed E-state index contributed by atoms with van der Waals surface area (Å²) >= 11 is 0. The summed E-state index contributed by atoms with van der Waals surface area (Å²) in [6.07, 6.45) is 5.83. The Labute approximate surface area is 176 Å². The van der Waals surface area contributed by atoms with E-state index in [9.17, 15) is 5.26 Å². The number of rotatable bonds is 3. The van der Waals surface area contributed by atoms with Crippen molar-refractivity contribution in [3.8, 4) is 34.3 Å². The van der Waals surface area contributed by atoms with Gasteiger partial charge in [0.25, 0.3) is 0 Å². The molecule has 1 aliphatic heterocycles. The number of benzene rings is 2. The maximum absolute atomic E-state index is 9.85. The number of nitrogens with zero attached hydrogens (tertiary/aromatic N) is 2. The number of fused-ring (bicyclic) bond motifs is 1. The van der Waals surface area contributed by atoms with Crippen molar-refractivity contribution in [2.75, 3.05) is 0 Å². The lowest BCUT2D eigenvalue weighted by Crippen LogP contribution is -2.26. The molecule has 2 aromatic carbocycles. The van der Waals surface area contributed by atoms with Gasteiger partial charge >= 0.3 is 0 Å². The molecule has 150 valence electrons. The molecule has 30 heavy (non-hydrogen) atoms. The summed E-state index contributed by atoms with van der Waals surface area (Å²) in [6, 6.07) is 21.1. The number of allylic oxidation sites excluding steroid dienone is 1. The molecule has 3 aromatic rings. The van der Waals surface area contributed by atoms with Gasteiger partial charge in [0.15, 0.2) is 0 Å². The fraction of sp³-hybridized carbons (Fsp3) is 0.280. The van der Waals surface area contributed by atoms with Crippen LogP contribution in [0.1, 0.15) is 43.6 Å². The molecule has 0 saturated heterocycles. The molecule has 1 aromatic heterocycles. The number of H-pyrrole nitrogens is 1. The molecule has 3 N–H and O–H groups in total. The average molecular weight is 396 g/mol. The van der Waals surface area contributed by atoms with Crippen LogP contribution in [-0.4, -0.2) is 10.2 Å². The van der Waals surface area contributed by atoms with E-state index in [4.69, 9.17) is 10.5 Å². The Kier molecular flexibility index (Phi) is 4.76. The first-order chi connectivity index (χ1) is 14.8. The zero-order valence-electron chi connectivity index (χ0n) is 16.8. The van der Waals surface area contributed by atoms with Gasteiger partial charge in [-0.25, -0.2) is 0 Å². The summed E-state index contributed by atoms with van der Waals surface area (Å²) in [5.74, 6) is 1.01. The Hall–Kier alpha value is -3.52. The number of aromatic amines is 1. The Bertz CT molecular complexity index is 1120. The summed E-state index contributed by atoms with van der Waals surface area (Å²) < 4.78 is 5.74. The molecular formula is C25H24N4O. The topological polar surface area (TPSA) is 87.7 Å². The first-order valence-electron chi connectivity index (χ1n) is 10.6. The van der Waals surface area contributed by atoms with Gasteiger partial charge in [0.05, 0.1) is 16.8 Å². The number of ether oxygens (including phenoxy) is 1. The summed E-state index contributed by atoms with van der Waals surface area (Å²) in [5, 5.41) is 17.4. The smallest absolute Gasteiger partial charge is 0.244 e. The molecule has 1 unspecified atom stereocenters. The van der Waals surface area contributed by atoms with E-state index in [2.05, 4.69) is 52.7 Å². The van der Waals surface area contributed by atoms with Gasteiger partial charge in [0.2, 0.25) is 11.8 Å². The second kappa shape index (κ2) is 7.72. The fourth-order valence-corrected chi connectivity index (χ4v) is 4.90. The molecule has 0 bridgehead atoms. The highest BCUT2D eigenvalue weighted by atomic mass is 16.5. The molecule has 0 spiro atoms. The number of nitriles is 1. The van der Waals surface area contributed by atoms with E-state index in [1.54, 1.807) is 0 Å². The molecule has 1 atom stereocenters. The lowest BCUT2D eigenvalue weighted by Gasteiger charge is -2.33. The molecule has 2 heterocycles. The van der Waals surface area contributed by atoms with Crippen LogP contribution in [0, 0.1) is 17.2 Å². The Balaban J connectivity index is 1.56. The number of hydrogen-bond acceptors (Lipinski definition) is 4. The van der Waals surface area contributed by atoms with Gasteiger partial charge in [-0.2, -0.15) is 5.26 Å². The summed E-state index contributed by atoms with van der Waals surface area (Å²) in [4.78, 5) is 0. The van der Waals surface area contributed by atoms with Crippen LogP contribution < -0.4 is 10.5 Å². The van der Waals surface area contributed by atoms with E-state index >= 15 is 0 Å². The standard InChI is InChI=1S/C25H24N4O/c26-15-20-21(18-9-5-2-6-10-18)22-23(28-29-25(22)30-24(20)27)19-13-11-17(12-14-19)16-7-3-1-4-8-16/h1,3-4,7-8,11-14,18,21H,2,5-6,9-10,27H2,(H,28,29). The van der Waals surface area contributed by atoms with Gasteiger partial charge in [0.1, 0.15) is 6.07 Å². The molecule has 5 rings (SSSR count). The Morgan fingerprint density at radius 2 is 1.60 bits per heavy atom. The largest absolute Gasteiger partial charge is 0.420 e. The molecule has 1 saturated carbocycles. The zero-order valence-corrected chi connectivity index (χ0v) is 16.8. The zero-order chi connectivity index (χ0) is 20.5. The predicted molar refractivity (Wildman–Crippen MR) is 116 cm³/mol. The van der Waals surface area contributed by atoms with Crippen molar-refractivity contribution >= 4 is 0 Å². The third-order valence-corrected chi connectivity index (χ3v) is 6.39. The first kappa shape index (κ1) is 18.5. The average Bonchev–Trinajstić information content (AvgIpc) is 3.22. The minimum absolute atomic E-state index is 0.0680. The molecule has 2 aliphatic rings. The minimum atomic E-state index is -0.0680. The van der Waals surface area contributed by atoms with E-state index in [0.29, 0.717) is 17.4 Å². The van der Waals surface area contributed by atoms with Gasteiger partial charge in [-0.3, -0.25) is 5.10 Å². The van der Waals surface area contributed by atoms with Crippen LogP contribution in [0.2, 0.25) is 0 Å². The molecule has 5 heteroatoms. The van der Waals surface area contributed by atoms with Crippen LogP contribution in [0.3, 0.4) is 0 Å². The highest BCUT2D eigenvalue weighted by Gasteiger charge is 2.39. The highest BCUT2D eigenvalue weighted by molar-refractivity contribution is 5.73. The van der Waals surface area contributed by atoms with Crippen LogP contribution in [0.15, 0.2) is 66.1 Å². The van der Waals surface area contributed by atoms with E-state index in [0.717, 1.165) is 35.2 Å². The van der Waals surface area contributed by atoms with Gasteiger partial charge in [-0.15, -0.1) is 5.10 Å². The van der Waals surface area contributed by atoms with Crippen molar-refractivity contribution in [3.63, 3.8) is 0 Å². The third kappa shape index (κ3) is 3.15. The van der Waals surface area contributed by atoms with Crippen LogP contribution in [0.4, 0.5) is 0 Å². The fourth-order valence-electron chi connectivity index (χ4n) is 4.90. The molecule has 1 fully saturated rings. The maximum atomic E-state index is 9.85. The normalized spacial score (nSPS) is 19.1. The predicted octanol–water partition coefficient (Wildman–Crippen LogP) is 5.49. The Morgan fingerprint density at radius 1 is 0.933 bits per heavy atom. The van der Waals surface area contributed by atoms with Gasteiger partial charge < -0.3 is 10.5 Å². The number of hydrogen-bond donors (Lipinski definition) is 2. The van der Waals surface area contributed by atoms with Crippen molar-refractivity contribution in [2.24, 2.45) is 11.7 Å². The molecule has 1 aliphatic carbocycles. The van der Waals surface area contributed by atoms with Crippen molar-refractivity contribution < 1.29 is 4.74 Å². The van der Waals surface area contributed by atoms with Gasteiger partial charge in [0, 0.05) is 11.5 Å². The molecule has 0 amide bonds. The summed E-state index contributed by atoms with van der Waals surface area (Å²) in [5.41, 5.74) is 11.9. The second-order valence-corrected chi connectivity index (χ2v) is 8.13. The van der Waals surface area contributed by atoms with E-state index in [-0.39, 0.29) is 11.8 Å². The van der Waals surface area contributed by atoms with Crippen molar-refractivity contribution in [1.29, 1.82) is 5.26 Å². The van der Waals surface area contributed by atoms with Gasteiger partial charge in [-0.05, 0) is 29.9 Å². The molecular weight excluding hydrogens is 372 g/mol. The third-order valence-electron chi connectivity index (χ3n) is 6.39. The summed E-state index contributed by atoms with van der Waals surface area (Å²) in [7, 11) is 0.